The molecule has 2 aliphatic heterocycles. The summed E-state index contributed by atoms with van der Waals surface area (Å²) in [6.45, 7) is 5.67. The van der Waals surface area contributed by atoms with E-state index in [1.807, 2.05) is 0 Å². The summed E-state index contributed by atoms with van der Waals surface area (Å²) in [6, 6.07) is 0. The first kappa shape index (κ1) is 11.1. The Balaban J connectivity index is 1.74. The van der Waals surface area contributed by atoms with Crippen molar-refractivity contribution in [3.05, 3.63) is 0 Å². The second-order valence-electron chi connectivity index (χ2n) is 4.06. The van der Waals surface area contributed by atoms with Crippen LogP contribution < -0.4 is 5.43 Å². The van der Waals surface area contributed by atoms with Gasteiger partial charge in [-0.15, -0.1) is 0 Å². The first-order valence-corrected chi connectivity index (χ1v) is 6.15. The van der Waals surface area contributed by atoms with Crippen LogP contribution in [0.4, 0.5) is 0 Å². The van der Waals surface area contributed by atoms with E-state index in [9.17, 15) is 0 Å². The van der Waals surface area contributed by atoms with Crippen molar-refractivity contribution in [1.29, 1.82) is 0 Å². The Labute approximate surface area is 96.5 Å². The number of hydrogen-bond donors (Lipinski definition) is 1. The van der Waals surface area contributed by atoms with Gasteiger partial charge in [-0.3, -0.25) is 5.43 Å². The molecule has 0 bridgehead atoms. The number of hydrazine groups is 1. The number of ether oxygens (including phenoxy) is 1. The van der Waals surface area contributed by atoms with Gasteiger partial charge in [-0.05, 0) is 31.5 Å². The second kappa shape index (κ2) is 5.63. The zero-order valence-corrected chi connectivity index (χ0v) is 9.89. The van der Waals surface area contributed by atoms with Crippen LogP contribution in [0, 0.1) is 0 Å². The lowest BCUT2D eigenvalue weighted by Crippen LogP contribution is -2.53. The lowest BCUT2D eigenvalue weighted by atomic mass is 10.1. The third-order valence-electron chi connectivity index (χ3n) is 2.91. The molecule has 15 heavy (non-hydrogen) atoms. The number of hydrogen-bond acceptors (Lipinski definition) is 3. The van der Waals surface area contributed by atoms with Gasteiger partial charge in [0.25, 0.3) is 0 Å². The number of thiocarbonyl (C=S) groups is 1. The van der Waals surface area contributed by atoms with E-state index in [1.54, 1.807) is 0 Å². The first-order chi connectivity index (χ1) is 7.36. The van der Waals surface area contributed by atoms with E-state index in [4.69, 9.17) is 17.0 Å². The maximum atomic E-state index is 5.39. The van der Waals surface area contributed by atoms with E-state index in [2.05, 4.69) is 15.3 Å². The van der Waals surface area contributed by atoms with Crippen molar-refractivity contribution in [2.45, 2.75) is 19.3 Å². The van der Waals surface area contributed by atoms with Crippen molar-refractivity contribution in [3.8, 4) is 0 Å². The monoisotopic (exact) mass is 229 g/mol. The van der Waals surface area contributed by atoms with Crippen molar-refractivity contribution < 1.29 is 4.74 Å². The molecule has 0 spiro atoms. The molecular weight excluding hydrogens is 210 g/mol. The quantitative estimate of drug-likeness (QED) is 0.665. The van der Waals surface area contributed by atoms with Crippen molar-refractivity contribution in [2.75, 3.05) is 39.4 Å². The van der Waals surface area contributed by atoms with Gasteiger partial charge >= 0.3 is 0 Å². The van der Waals surface area contributed by atoms with Gasteiger partial charge in [0.05, 0.1) is 13.2 Å². The highest BCUT2D eigenvalue weighted by molar-refractivity contribution is 7.80. The minimum Gasteiger partial charge on any atom is -0.379 e. The van der Waals surface area contributed by atoms with Gasteiger partial charge in [-0.1, -0.05) is 0 Å². The average molecular weight is 229 g/mol. The van der Waals surface area contributed by atoms with Crippen molar-refractivity contribution >= 4 is 17.3 Å². The lowest BCUT2D eigenvalue weighted by Gasteiger charge is -2.34. The Kier molecular flexibility index (Phi) is 4.17. The number of morpholine rings is 1. The van der Waals surface area contributed by atoms with Crippen LogP contribution in [0.25, 0.3) is 0 Å². The van der Waals surface area contributed by atoms with Gasteiger partial charge in [-0.25, -0.2) is 5.01 Å². The molecule has 2 rings (SSSR count). The molecule has 0 aromatic heterocycles. The predicted molar refractivity (Wildman–Crippen MR) is 63.5 cm³/mol. The zero-order valence-electron chi connectivity index (χ0n) is 9.07. The summed E-state index contributed by atoms with van der Waals surface area (Å²) in [4.78, 5) is 2.27. The highest BCUT2D eigenvalue weighted by Gasteiger charge is 2.16. The van der Waals surface area contributed by atoms with Gasteiger partial charge in [-0.2, -0.15) is 0 Å². The molecule has 0 atom stereocenters. The van der Waals surface area contributed by atoms with Crippen LogP contribution in [0.2, 0.25) is 0 Å². The van der Waals surface area contributed by atoms with Gasteiger partial charge in [0.2, 0.25) is 0 Å². The molecule has 0 aromatic carbocycles. The maximum absolute atomic E-state index is 5.39. The van der Waals surface area contributed by atoms with Gasteiger partial charge < -0.3 is 9.64 Å². The van der Waals surface area contributed by atoms with E-state index in [0.29, 0.717) is 0 Å². The zero-order chi connectivity index (χ0) is 10.5. The number of likely N-dealkylation sites (tertiary alicyclic amines) is 1. The summed E-state index contributed by atoms with van der Waals surface area (Å²) in [5.74, 6) is 0. The van der Waals surface area contributed by atoms with E-state index in [-0.39, 0.29) is 0 Å². The average Bonchev–Trinajstić information content (AvgIpc) is 2.31. The van der Waals surface area contributed by atoms with Gasteiger partial charge in [0.15, 0.2) is 5.11 Å². The van der Waals surface area contributed by atoms with Crippen LogP contribution in [0.1, 0.15) is 19.3 Å². The molecule has 0 unspecified atom stereocenters. The number of rotatable bonds is 1. The lowest BCUT2D eigenvalue weighted by molar-refractivity contribution is 0.0230. The van der Waals surface area contributed by atoms with Crippen molar-refractivity contribution in [3.63, 3.8) is 0 Å². The minimum absolute atomic E-state index is 0.801. The van der Waals surface area contributed by atoms with E-state index < -0.39 is 0 Å². The topological polar surface area (TPSA) is 27.7 Å². The molecule has 2 aliphatic rings. The predicted octanol–water partition coefficient (Wildman–Crippen LogP) is 0.594. The number of piperidine rings is 1. The highest BCUT2D eigenvalue weighted by atomic mass is 32.1. The number of nitrogens with one attached hydrogen (secondary N) is 1. The molecule has 5 heteroatoms. The van der Waals surface area contributed by atoms with Crippen LogP contribution in [0.5, 0.6) is 0 Å². The largest absolute Gasteiger partial charge is 0.379 e. The minimum atomic E-state index is 0.801. The molecule has 0 aromatic rings. The van der Waals surface area contributed by atoms with E-state index >= 15 is 0 Å². The van der Waals surface area contributed by atoms with Crippen LogP contribution in [0.15, 0.2) is 0 Å². The normalized spacial score (nSPS) is 23.9. The number of nitrogens with zero attached hydrogens (tertiary/aromatic N) is 2. The fourth-order valence-electron chi connectivity index (χ4n) is 1.98. The van der Waals surface area contributed by atoms with Crippen LogP contribution in [-0.2, 0) is 4.74 Å². The summed E-state index contributed by atoms with van der Waals surface area (Å²) in [7, 11) is 0. The van der Waals surface area contributed by atoms with Crippen LogP contribution in [0.3, 0.4) is 0 Å². The van der Waals surface area contributed by atoms with Crippen LogP contribution >= 0.6 is 12.2 Å². The third-order valence-corrected chi connectivity index (χ3v) is 3.26. The van der Waals surface area contributed by atoms with E-state index in [1.165, 1.54) is 19.3 Å². The molecule has 1 N–H and O–H groups in total. The molecule has 0 saturated carbocycles. The SMILES string of the molecule is S=C(NN1CCOCC1)N1CCCCC1. The molecule has 0 amide bonds. The van der Waals surface area contributed by atoms with Gasteiger partial charge in [0, 0.05) is 26.2 Å². The molecule has 86 valence electrons. The Morgan fingerprint density at radius 3 is 2.33 bits per heavy atom. The fraction of sp³-hybridized carbons (Fsp3) is 0.900. The summed E-state index contributed by atoms with van der Waals surface area (Å²) in [5.41, 5.74) is 3.30. The highest BCUT2D eigenvalue weighted by Crippen LogP contribution is 2.08. The third kappa shape index (κ3) is 3.29. The Bertz CT molecular complexity index is 213. The van der Waals surface area contributed by atoms with Crippen LogP contribution in [-0.4, -0.2) is 54.4 Å². The van der Waals surface area contributed by atoms with Crippen molar-refractivity contribution in [2.24, 2.45) is 0 Å². The molecule has 0 radical (unpaired) electrons. The summed E-state index contributed by atoms with van der Waals surface area (Å²) < 4.78 is 5.29. The Morgan fingerprint density at radius 2 is 1.67 bits per heavy atom. The Morgan fingerprint density at radius 1 is 1.00 bits per heavy atom. The fourth-order valence-corrected chi connectivity index (χ4v) is 2.29. The van der Waals surface area contributed by atoms with Gasteiger partial charge in [0.1, 0.15) is 0 Å². The second-order valence-corrected chi connectivity index (χ2v) is 4.45. The molecule has 2 fully saturated rings. The van der Waals surface area contributed by atoms with Crippen molar-refractivity contribution in [1.82, 2.24) is 15.3 Å². The first-order valence-electron chi connectivity index (χ1n) is 5.74. The Hall–Kier alpha value is -0.390. The smallest absolute Gasteiger partial charge is 0.183 e. The molecule has 2 heterocycles. The molecule has 2 saturated heterocycles. The summed E-state index contributed by atoms with van der Waals surface area (Å²) in [6.07, 6.45) is 3.88. The summed E-state index contributed by atoms with van der Waals surface area (Å²) in [5, 5.41) is 3.04. The molecule has 4 nitrogen and oxygen atoms in total. The standard InChI is InChI=1S/C10H19N3OS/c15-10(12-4-2-1-3-5-12)11-13-6-8-14-9-7-13/h1-9H2,(H,11,15). The molecular formula is C10H19N3OS. The van der Waals surface area contributed by atoms with E-state index in [0.717, 1.165) is 44.5 Å². The molecule has 0 aliphatic carbocycles. The maximum Gasteiger partial charge on any atom is 0.183 e. The summed E-state index contributed by atoms with van der Waals surface area (Å²) >= 11 is 5.39.